The highest BCUT2D eigenvalue weighted by molar-refractivity contribution is 9.10. The maximum atomic E-state index is 13.4. The molecule has 0 amide bonds. The van der Waals surface area contributed by atoms with Gasteiger partial charge in [-0.25, -0.2) is 4.98 Å². The summed E-state index contributed by atoms with van der Waals surface area (Å²) in [6, 6.07) is 13.1. The van der Waals surface area contributed by atoms with E-state index in [1.807, 2.05) is 26.8 Å². The number of nitro benzene ring substituents is 1. The molecular weight excluding hydrogens is 663 g/mol. The van der Waals surface area contributed by atoms with Gasteiger partial charge in [0.25, 0.3) is 5.56 Å². The molecule has 12 heteroatoms. The van der Waals surface area contributed by atoms with E-state index in [1.54, 1.807) is 36.4 Å². The second-order valence-corrected chi connectivity index (χ2v) is 12.0. The van der Waals surface area contributed by atoms with Gasteiger partial charge in [0.05, 0.1) is 26.5 Å². The molecule has 8 nitrogen and oxygen atoms in total. The van der Waals surface area contributed by atoms with E-state index in [4.69, 9.17) is 27.9 Å². The molecule has 0 unspecified atom stereocenters. The summed E-state index contributed by atoms with van der Waals surface area (Å²) in [5, 5.41) is 17.5. The van der Waals surface area contributed by atoms with Crippen LogP contribution in [0.15, 0.2) is 67.4 Å². The van der Waals surface area contributed by atoms with Gasteiger partial charge >= 0.3 is 5.69 Å². The summed E-state index contributed by atoms with van der Waals surface area (Å²) in [4.78, 5) is 29.4. The Morgan fingerprint density at radius 3 is 2.53 bits per heavy atom. The normalized spacial score (nSPS) is 11.9. The second kappa shape index (κ2) is 11.1. The molecule has 0 spiro atoms. The Hall–Kier alpha value is -2.79. The van der Waals surface area contributed by atoms with Gasteiger partial charge in [-0.2, -0.15) is 9.78 Å². The fourth-order valence-electron chi connectivity index (χ4n) is 3.61. The highest BCUT2D eigenvalue weighted by Crippen LogP contribution is 2.37. The van der Waals surface area contributed by atoms with Crippen LogP contribution in [0.3, 0.4) is 0 Å². The molecule has 0 fully saturated rings. The number of nitrogens with zero attached hydrogens (tertiary/aromatic N) is 4. The lowest BCUT2D eigenvalue weighted by Gasteiger charge is -2.20. The average molecular weight is 683 g/mol. The molecule has 0 aliphatic carbocycles. The van der Waals surface area contributed by atoms with Crippen LogP contribution in [0.5, 0.6) is 5.75 Å². The van der Waals surface area contributed by atoms with Crippen molar-refractivity contribution in [3.05, 3.63) is 105 Å². The van der Waals surface area contributed by atoms with Gasteiger partial charge < -0.3 is 4.74 Å². The zero-order valence-electron chi connectivity index (χ0n) is 20.3. The Balaban J connectivity index is 1.75. The molecule has 1 heterocycles. The summed E-state index contributed by atoms with van der Waals surface area (Å²) in [6.07, 6.45) is 1.37. The average Bonchev–Trinajstić information content (AvgIpc) is 2.83. The molecule has 4 aromatic rings. The minimum Gasteiger partial charge on any atom is -0.481 e. The lowest BCUT2D eigenvalue weighted by Crippen LogP contribution is -2.29. The van der Waals surface area contributed by atoms with Crippen molar-refractivity contribution in [3.8, 4) is 5.75 Å². The third-order valence-corrected chi connectivity index (χ3v) is 7.10. The number of fused-ring (bicyclic) bond motifs is 1. The minimum atomic E-state index is -0.553. The SMILES string of the molecule is CC(C)(C)c1nc2ccc(Br)cc2c(=O)n1N=Cc1cc(Br)c(OCc2ccc(Cl)cc2Cl)c([N+](=O)[O-])c1. The molecule has 0 saturated carbocycles. The van der Waals surface area contributed by atoms with Gasteiger partial charge in [-0.3, -0.25) is 14.9 Å². The van der Waals surface area contributed by atoms with Crippen molar-refractivity contribution < 1.29 is 9.66 Å². The third kappa shape index (κ3) is 6.09. The van der Waals surface area contributed by atoms with Gasteiger partial charge in [-0.15, -0.1) is 0 Å². The molecule has 1 aromatic heterocycles. The largest absolute Gasteiger partial charge is 0.481 e. The van der Waals surface area contributed by atoms with E-state index in [0.717, 1.165) is 4.47 Å². The van der Waals surface area contributed by atoms with Crippen molar-refractivity contribution in [2.24, 2.45) is 5.10 Å². The first kappa shape index (κ1) is 28.2. The van der Waals surface area contributed by atoms with Crippen LogP contribution in [0.2, 0.25) is 10.0 Å². The molecule has 0 aliphatic heterocycles. The van der Waals surface area contributed by atoms with Crippen molar-refractivity contribution in [2.45, 2.75) is 32.8 Å². The highest BCUT2D eigenvalue weighted by atomic mass is 79.9. The van der Waals surface area contributed by atoms with E-state index in [2.05, 4.69) is 41.9 Å². The van der Waals surface area contributed by atoms with Gasteiger partial charge in [-0.05, 0) is 52.3 Å². The summed E-state index contributed by atoms with van der Waals surface area (Å²) in [6.45, 7) is 5.76. The van der Waals surface area contributed by atoms with E-state index in [9.17, 15) is 14.9 Å². The number of halogens is 4. The van der Waals surface area contributed by atoms with Gasteiger partial charge in [0.15, 0.2) is 0 Å². The van der Waals surface area contributed by atoms with Gasteiger partial charge in [0.1, 0.15) is 12.4 Å². The van der Waals surface area contributed by atoms with Crippen LogP contribution in [0.1, 0.15) is 37.7 Å². The minimum absolute atomic E-state index is 0.00840. The first-order chi connectivity index (χ1) is 17.8. The number of aromatic nitrogens is 2. The first-order valence-electron chi connectivity index (χ1n) is 11.2. The third-order valence-electron chi connectivity index (χ3n) is 5.43. The van der Waals surface area contributed by atoms with Crippen LogP contribution >= 0.6 is 55.1 Å². The van der Waals surface area contributed by atoms with E-state index in [1.165, 1.54) is 17.0 Å². The molecule has 4 rings (SSSR count). The number of hydrogen-bond acceptors (Lipinski definition) is 6. The molecule has 0 atom stereocenters. The lowest BCUT2D eigenvalue weighted by molar-refractivity contribution is -0.386. The molecule has 0 saturated heterocycles. The molecule has 0 aliphatic rings. The van der Waals surface area contributed by atoms with Crippen LogP contribution in [0.4, 0.5) is 5.69 Å². The molecular formula is C26H20Br2Cl2N4O4. The Labute approximate surface area is 244 Å². The topological polar surface area (TPSA) is 99.6 Å². The molecule has 3 aromatic carbocycles. The Kier molecular flexibility index (Phi) is 8.27. The molecule has 38 heavy (non-hydrogen) atoms. The molecule has 0 N–H and O–H groups in total. The quantitative estimate of drug-likeness (QED) is 0.117. The second-order valence-electron chi connectivity index (χ2n) is 9.34. The van der Waals surface area contributed by atoms with E-state index >= 15 is 0 Å². The smallest absolute Gasteiger partial charge is 0.312 e. The fraction of sp³-hybridized carbons (Fsp3) is 0.192. The van der Waals surface area contributed by atoms with Crippen molar-refractivity contribution >= 4 is 77.9 Å². The number of ether oxygens (including phenoxy) is 1. The van der Waals surface area contributed by atoms with Gasteiger partial charge in [0, 0.05) is 37.1 Å². The van der Waals surface area contributed by atoms with Crippen molar-refractivity contribution in [1.29, 1.82) is 0 Å². The lowest BCUT2D eigenvalue weighted by atomic mass is 9.95. The highest BCUT2D eigenvalue weighted by Gasteiger charge is 2.24. The van der Waals surface area contributed by atoms with Crippen molar-refractivity contribution in [2.75, 3.05) is 0 Å². The maximum absolute atomic E-state index is 13.4. The Bertz CT molecular complexity index is 1670. The number of benzene rings is 3. The molecule has 0 radical (unpaired) electrons. The monoisotopic (exact) mass is 680 g/mol. The van der Waals surface area contributed by atoms with Gasteiger partial charge in [0.2, 0.25) is 5.75 Å². The molecule has 0 bridgehead atoms. The number of nitro groups is 1. The predicted molar refractivity (Wildman–Crippen MR) is 157 cm³/mol. The summed E-state index contributed by atoms with van der Waals surface area (Å²) < 4.78 is 8.06. The fourth-order valence-corrected chi connectivity index (χ4v) is 5.01. The van der Waals surface area contributed by atoms with E-state index in [-0.39, 0.29) is 23.6 Å². The Morgan fingerprint density at radius 1 is 1.13 bits per heavy atom. The Morgan fingerprint density at radius 2 is 1.87 bits per heavy atom. The number of hydrogen-bond donors (Lipinski definition) is 0. The first-order valence-corrected chi connectivity index (χ1v) is 13.5. The van der Waals surface area contributed by atoms with Crippen molar-refractivity contribution in [3.63, 3.8) is 0 Å². The van der Waals surface area contributed by atoms with E-state index < -0.39 is 10.3 Å². The van der Waals surface area contributed by atoms with Crippen LogP contribution in [-0.2, 0) is 12.0 Å². The number of rotatable bonds is 6. The zero-order valence-corrected chi connectivity index (χ0v) is 25.0. The zero-order chi connectivity index (χ0) is 27.8. The predicted octanol–water partition coefficient (Wildman–Crippen LogP) is 7.90. The standard InChI is InChI=1S/C26H20Br2Cl2N4O4/c1-26(2,3)25-32-21-7-5-16(27)10-18(21)24(35)33(25)31-12-14-8-19(28)23(22(9-14)34(36)37)38-13-15-4-6-17(29)11-20(15)30/h4-12H,13H2,1-3H3. The van der Waals surface area contributed by atoms with Crippen molar-refractivity contribution in [1.82, 2.24) is 9.66 Å². The summed E-state index contributed by atoms with van der Waals surface area (Å²) >= 11 is 18.9. The summed E-state index contributed by atoms with van der Waals surface area (Å²) in [5.74, 6) is 0.477. The molecule has 196 valence electrons. The van der Waals surface area contributed by atoms with E-state index in [0.29, 0.717) is 42.4 Å². The maximum Gasteiger partial charge on any atom is 0.312 e. The van der Waals surface area contributed by atoms with Crippen LogP contribution < -0.4 is 10.3 Å². The van der Waals surface area contributed by atoms with Crippen LogP contribution in [0, 0.1) is 10.1 Å². The summed E-state index contributed by atoms with van der Waals surface area (Å²) in [5.41, 5.74) is 0.398. The van der Waals surface area contributed by atoms with Gasteiger partial charge in [-0.1, -0.05) is 66.0 Å². The van der Waals surface area contributed by atoms with Crippen LogP contribution in [-0.4, -0.2) is 20.8 Å². The summed E-state index contributed by atoms with van der Waals surface area (Å²) in [7, 11) is 0. The van der Waals surface area contributed by atoms with Crippen LogP contribution in [0.25, 0.3) is 10.9 Å².